The minimum Gasteiger partial charge on any atom is -0.480 e. The summed E-state index contributed by atoms with van der Waals surface area (Å²) in [4.78, 5) is 33.0. The van der Waals surface area contributed by atoms with Crippen molar-refractivity contribution < 1.29 is 62.1 Å². The van der Waals surface area contributed by atoms with Gasteiger partial charge in [-0.15, -0.1) is 0 Å². The Morgan fingerprint density at radius 2 is 0.947 bits per heavy atom. The van der Waals surface area contributed by atoms with E-state index in [1.165, 1.54) is 0 Å². The Kier molecular flexibility index (Phi) is 24.1. The van der Waals surface area contributed by atoms with E-state index in [9.17, 15) is 14.4 Å². The number of carbonyl (C=O) groups is 3. The molecule has 0 aromatic rings. The number of hydrogen-bond acceptors (Lipinski definition) is 12. The van der Waals surface area contributed by atoms with E-state index in [-0.39, 0.29) is 13.2 Å². The van der Waals surface area contributed by atoms with Crippen LogP contribution in [0.15, 0.2) is 0 Å². The maximum Gasteiger partial charge on any atom is 0.332 e. The first-order valence-corrected chi connectivity index (χ1v) is 12.5. The number of ether oxygens (including phenoxy) is 9. The molecule has 0 rings (SSSR count). The highest BCUT2D eigenvalue weighted by molar-refractivity contribution is 5.77. The molecule has 2 N–H and O–H groups in total. The first-order valence-electron chi connectivity index (χ1n) is 12.5. The predicted octanol–water partition coefficient (Wildman–Crippen LogP) is -0.338. The standard InChI is InChI=1S/C24H45NO13/c1-24(2,3)38-23(29)20-36-17-16-35-15-14-34-13-12-33-11-10-32-9-8-31-7-6-30-5-4-25-21(26)18-37-19-22(27)28/h4-20H2,1-3H3,(H,25,26)(H,27,28). The van der Waals surface area contributed by atoms with Gasteiger partial charge in [0.1, 0.15) is 25.4 Å². The van der Waals surface area contributed by atoms with Crippen LogP contribution in [0.1, 0.15) is 20.8 Å². The molecule has 38 heavy (non-hydrogen) atoms. The van der Waals surface area contributed by atoms with E-state index in [1.807, 2.05) is 0 Å². The Balaban J connectivity index is 3.17. The minimum absolute atomic E-state index is 0.0953. The van der Waals surface area contributed by atoms with E-state index in [2.05, 4.69) is 10.1 Å². The third kappa shape index (κ3) is 30.3. The van der Waals surface area contributed by atoms with Crippen LogP contribution in [0.4, 0.5) is 0 Å². The largest absolute Gasteiger partial charge is 0.480 e. The number of carboxylic acid groups (broad SMARTS) is 1. The number of carboxylic acids is 1. The molecular formula is C24H45NO13. The summed E-state index contributed by atoms with van der Waals surface area (Å²) in [6.45, 7) is 10.1. The lowest BCUT2D eigenvalue weighted by Crippen LogP contribution is -2.31. The zero-order chi connectivity index (χ0) is 28.3. The molecule has 0 bridgehead atoms. The molecule has 0 heterocycles. The lowest BCUT2D eigenvalue weighted by atomic mass is 10.2. The van der Waals surface area contributed by atoms with Gasteiger partial charge in [0.05, 0.1) is 85.9 Å². The van der Waals surface area contributed by atoms with Gasteiger partial charge < -0.3 is 53.1 Å². The van der Waals surface area contributed by atoms with Crippen molar-refractivity contribution in [2.75, 3.05) is 112 Å². The van der Waals surface area contributed by atoms with Crippen LogP contribution in [0.25, 0.3) is 0 Å². The van der Waals surface area contributed by atoms with E-state index in [0.29, 0.717) is 92.4 Å². The monoisotopic (exact) mass is 555 g/mol. The Bertz CT molecular complexity index is 598. The van der Waals surface area contributed by atoms with Gasteiger partial charge >= 0.3 is 11.9 Å². The zero-order valence-corrected chi connectivity index (χ0v) is 22.9. The highest BCUT2D eigenvalue weighted by Crippen LogP contribution is 2.06. The van der Waals surface area contributed by atoms with E-state index < -0.39 is 30.1 Å². The second-order valence-corrected chi connectivity index (χ2v) is 8.55. The summed E-state index contributed by atoms with van der Waals surface area (Å²) in [6.07, 6.45) is 0. The van der Waals surface area contributed by atoms with Crippen molar-refractivity contribution in [2.24, 2.45) is 0 Å². The summed E-state index contributed by atoms with van der Waals surface area (Å²) in [5.41, 5.74) is -0.519. The highest BCUT2D eigenvalue weighted by Gasteiger charge is 2.15. The summed E-state index contributed by atoms with van der Waals surface area (Å²) >= 11 is 0. The van der Waals surface area contributed by atoms with Gasteiger partial charge in [-0.1, -0.05) is 0 Å². The maximum atomic E-state index is 11.5. The second kappa shape index (κ2) is 25.4. The Hall–Kier alpha value is -1.91. The van der Waals surface area contributed by atoms with Crippen LogP contribution >= 0.6 is 0 Å². The van der Waals surface area contributed by atoms with Crippen molar-refractivity contribution in [2.45, 2.75) is 26.4 Å². The molecule has 0 unspecified atom stereocenters. The van der Waals surface area contributed by atoms with Crippen molar-refractivity contribution in [3.8, 4) is 0 Å². The average Bonchev–Trinajstić information content (AvgIpc) is 2.83. The molecule has 0 aromatic heterocycles. The van der Waals surface area contributed by atoms with E-state index >= 15 is 0 Å². The molecule has 0 saturated carbocycles. The molecule has 0 fully saturated rings. The van der Waals surface area contributed by atoms with Crippen LogP contribution in [0.3, 0.4) is 0 Å². The number of esters is 1. The van der Waals surface area contributed by atoms with Crippen molar-refractivity contribution in [1.29, 1.82) is 0 Å². The fraction of sp³-hybridized carbons (Fsp3) is 0.875. The normalized spacial score (nSPS) is 11.4. The van der Waals surface area contributed by atoms with Gasteiger partial charge in [-0.3, -0.25) is 4.79 Å². The lowest BCUT2D eigenvalue weighted by Gasteiger charge is -2.19. The van der Waals surface area contributed by atoms with E-state index in [4.69, 9.17) is 43.0 Å². The smallest absolute Gasteiger partial charge is 0.332 e. The molecule has 14 nitrogen and oxygen atoms in total. The van der Waals surface area contributed by atoms with Gasteiger partial charge in [-0.2, -0.15) is 0 Å². The van der Waals surface area contributed by atoms with Crippen LogP contribution in [0, 0.1) is 0 Å². The second-order valence-electron chi connectivity index (χ2n) is 8.55. The van der Waals surface area contributed by atoms with Crippen molar-refractivity contribution in [3.63, 3.8) is 0 Å². The Labute approximate surface area is 224 Å². The van der Waals surface area contributed by atoms with Crippen molar-refractivity contribution >= 4 is 17.8 Å². The Morgan fingerprint density at radius 3 is 1.34 bits per heavy atom. The van der Waals surface area contributed by atoms with Crippen LogP contribution in [0.2, 0.25) is 0 Å². The molecule has 0 atom stereocenters. The number of rotatable bonds is 27. The van der Waals surface area contributed by atoms with Gasteiger partial charge in [0.25, 0.3) is 0 Å². The molecule has 14 heteroatoms. The van der Waals surface area contributed by atoms with E-state index in [1.54, 1.807) is 20.8 Å². The first kappa shape index (κ1) is 36.1. The average molecular weight is 556 g/mol. The zero-order valence-electron chi connectivity index (χ0n) is 22.9. The molecule has 0 aliphatic rings. The fourth-order valence-electron chi connectivity index (χ4n) is 2.39. The number of amides is 1. The summed E-state index contributed by atoms with van der Waals surface area (Å²) in [6, 6.07) is 0. The molecule has 0 spiro atoms. The molecule has 0 saturated heterocycles. The van der Waals surface area contributed by atoms with Crippen LogP contribution in [-0.4, -0.2) is 141 Å². The van der Waals surface area contributed by atoms with Gasteiger partial charge in [0.2, 0.25) is 5.91 Å². The summed E-state index contributed by atoms with van der Waals surface area (Å²) in [5.74, 6) is -1.93. The topological polar surface area (TPSA) is 167 Å². The van der Waals surface area contributed by atoms with Crippen LogP contribution in [0.5, 0.6) is 0 Å². The first-order chi connectivity index (χ1) is 18.2. The number of nitrogens with one attached hydrogen (secondary N) is 1. The minimum atomic E-state index is -1.13. The van der Waals surface area contributed by atoms with Gasteiger partial charge in [-0.05, 0) is 20.8 Å². The lowest BCUT2D eigenvalue weighted by molar-refractivity contribution is -0.160. The van der Waals surface area contributed by atoms with Crippen LogP contribution in [-0.2, 0) is 57.0 Å². The number of hydrogen-bond donors (Lipinski definition) is 2. The highest BCUT2D eigenvalue weighted by atomic mass is 16.6. The fourth-order valence-corrected chi connectivity index (χ4v) is 2.39. The summed E-state index contributed by atoms with van der Waals surface area (Å²) in [5, 5.41) is 10.9. The third-order valence-corrected chi connectivity index (χ3v) is 3.90. The molecule has 0 aliphatic carbocycles. The van der Waals surface area contributed by atoms with Crippen LogP contribution < -0.4 is 5.32 Å². The number of aliphatic carboxylic acids is 1. The summed E-state index contributed by atoms with van der Waals surface area (Å²) < 4.78 is 47.2. The van der Waals surface area contributed by atoms with E-state index in [0.717, 1.165) is 0 Å². The Morgan fingerprint density at radius 1 is 0.553 bits per heavy atom. The van der Waals surface area contributed by atoms with Crippen molar-refractivity contribution in [3.05, 3.63) is 0 Å². The predicted molar refractivity (Wildman–Crippen MR) is 133 cm³/mol. The SMILES string of the molecule is CC(C)(C)OC(=O)COCCOCCOCCOCCOCCOCCOCCNC(=O)COCC(=O)O. The molecule has 0 aliphatic heterocycles. The molecule has 224 valence electrons. The maximum absolute atomic E-state index is 11.5. The molecule has 1 amide bonds. The summed E-state index contributed by atoms with van der Waals surface area (Å²) in [7, 11) is 0. The quantitative estimate of drug-likeness (QED) is 0.0999. The molecule has 0 radical (unpaired) electrons. The van der Waals surface area contributed by atoms with Gasteiger partial charge in [0.15, 0.2) is 0 Å². The van der Waals surface area contributed by atoms with Gasteiger partial charge in [0, 0.05) is 6.54 Å². The van der Waals surface area contributed by atoms with Gasteiger partial charge in [-0.25, -0.2) is 9.59 Å². The molecular weight excluding hydrogens is 510 g/mol. The van der Waals surface area contributed by atoms with Crippen molar-refractivity contribution in [1.82, 2.24) is 5.32 Å². The molecule has 0 aromatic carbocycles. The third-order valence-electron chi connectivity index (χ3n) is 3.90. The number of carbonyl (C=O) groups excluding carboxylic acids is 2.